The Kier molecular flexibility index (Phi) is 80.4. The number of ether oxygens (including phenoxy) is 9. The van der Waals surface area contributed by atoms with Gasteiger partial charge in [0.05, 0.1) is 100 Å². The third-order valence-corrected chi connectivity index (χ3v) is 28.3. The third-order valence-electron chi connectivity index (χ3n) is 12.1. The van der Waals surface area contributed by atoms with Crippen LogP contribution in [-0.2, 0) is 157 Å². The molecule has 0 aromatic heterocycles. The molecule has 5 atom stereocenters. The molecule has 782 valence electrons. The van der Waals surface area contributed by atoms with Crippen molar-refractivity contribution in [3.8, 4) is 0 Å². The fourth-order valence-corrected chi connectivity index (χ4v) is 19.9. The maximum atomic E-state index is 12.0. The lowest BCUT2D eigenvalue weighted by atomic mass is 10.1. The monoisotopic (exact) mass is 2100 g/mol. The number of carboxylic acids is 1. The van der Waals surface area contributed by atoms with E-state index in [2.05, 4.69) is 15.4 Å². The Balaban J connectivity index is -0.000000161. The molecule has 0 aliphatic heterocycles. The summed E-state index contributed by atoms with van der Waals surface area (Å²) in [5.41, 5.74) is 4.63. The van der Waals surface area contributed by atoms with Crippen molar-refractivity contribution in [3.05, 3.63) is 82.0 Å². The fraction of sp³-hybridized carbons (Fsp3) is 0.701. The zero-order valence-electron chi connectivity index (χ0n) is 81.0. The van der Waals surface area contributed by atoms with E-state index in [1.165, 1.54) is 75.2 Å². The molecule has 2 rings (SSSR count). The number of nitrogens with one attached hydrogen (secondary N) is 2. The van der Waals surface area contributed by atoms with Crippen molar-refractivity contribution in [1.29, 1.82) is 0 Å². The molecule has 0 fully saturated rings. The molecule has 0 radical (unpaired) electrons. The number of carboxylic acid groups (broad SMARTS) is 1. The van der Waals surface area contributed by atoms with Crippen LogP contribution < -0.4 is 16.4 Å². The van der Waals surface area contributed by atoms with Gasteiger partial charge in [-0.15, -0.1) is 11.8 Å². The number of benzene rings is 2. The summed E-state index contributed by atoms with van der Waals surface area (Å²) in [5.74, 6) is -2.48. The zero-order valence-corrected chi connectivity index (χ0v) is 89.4. The summed E-state index contributed by atoms with van der Waals surface area (Å²) < 4.78 is 239. The molecule has 0 saturated heterocycles. The predicted molar refractivity (Wildman–Crippen MR) is 503 cm³/mol. The topological polar surface area (TPSA) is 674 Å². The van der Waals surface area contributed by atoms with Crippen LogP contribution in [0.1, 0.15) is 190 Å². The van der Waals surface area contributed by atoms with Gasteiger partial charge in [0.25, 0.3) is 21.3 Å². The Hall–Kier alpha value is -5.85. The highest BCUT2D eigenvalue weighted by Crippen LogP contribution is 2.57. The highest BCUT2D eigenvalue weighted by atomic mass is 32.2. The van der Waals surface area contributed by atoms with Crippen LogP contribution in [0.5, 0.6) is 0 Å². The van der Waals surface area contributed by atoms with Gasteiger partial charge < -0.3 is 101 Å². The van der Waals surface area contributed by atoms with Crippen molar-refractivity contribution in [2.75, 3.05) is 105 Å². The van der Waals surface area contributed by atoms with Gasteiger partial charge in [0, 0.05) is 46.0 Å². The molecule has 2 aromatic carbocycles. The van der Waals surface area contributed by atoms with Crippen molar-refractivity contribution in [3.63, 3.8) is 0 Å². The smallest absolute Gasteiger partial charge is 0.408 e. The van der Waals surface area contributed by atoms with Crippen LogP contribution in [0.15, 0.2) is 80.7 Å². The Morgan fingerprint density at radius 3 is 1.02 bits per heavy atom. The number of aryl methyl sites for hydroxylation is 2. The van der Waals surface area contributed by atoms with Gasteiger partial charge >= 0.3 is 52.9 Å². The number of esters is 3. The van der Waals surface area contributed by atoms with Gasteiger partial charge in [-0.25, -0.2) is 43.3 Å². The highest BCUT2D eigenvalue weighted by Gasteiger charge is 2.43. The molecular formula is C77H149N3O42P3S7-. The van der Waals surface area contributed by atoms with Crippen LogP contribution in [-0.4, -0.2) is 281 Å². The second-order valence-corrected chi connectivity index (χ2v) is 48.3. The van der Waals surface area contributed by atoms with E-state index in [4.69, 9.17) is 106 Å². The van der Waals surface area contributed by atoms with E-state index >= 15 is 0 Å². The minimum absolute atomic E-state index is 0. The number of aldehydes is 1. The first-order valence-corrected chi connectivity index (χ1v) is 54.9. The lowest BCUT2D eigenvalue weighted by Gasteiger charge is -2.24. The van der Waals surface area contributed by atoms with E-state index in [0.29, 0.717) is 38.2 Å². The lowest BCUT2D eigenvalue weighted by Crippen LogP contribution is -2.41. The molecule has 2 unspecified atom stereocenters. The summed E-state index contributed by atoms with van der Waals surface area (Å²) >= 11 is 2.80. The van der Waals surface area contributed by atoms with Gasteiger partial charge in [-0.05, 0) is 208 Å². The maximum Gasteiger partial charge on any atom is 0.408 e. The lowest BCUT2D eigenvalue weighted by molar-refractivity contribution is -0.176. The van der Waals surface area contributed by atoms with E-state index < -0.39 is 165 Å². The van der Waals surface area contributed by atoms with Crippen LogP contribution >= 0.6 is 46.3 Å². The molecule has 10 N–H and O–H groups in total. The predicted octanol–water partition coefficient (Wildman–Crippen LogP) is 13.8. The maximum absolute atomic E-state index is 12.0. The number of rotatable bonds is 37. The molecule has 132 heavy (non-hydrogen) atoms. The van der Waals surface area contributed by atoms with Crippen molar-refractivity contribution < 1.29 is 194 Å². The Labute approximate surface area is 790 Å². The third kappa shape index (κ3) is 84.6. The zero-order chi connectivity index (χ0) is 106. The molecule has 0 aliphatic carbocycles. The molecule has 0 heterocycles. The molecule has 0 aliphatic rings. The summed E-state index contributed by atoms with van der Waals surface area (Å²) in [5, 5.41) is 33.5. The van der Waals surface area contributed by atoms with Crippen molar-refractivity contribution in [2.24, 2.45) is 5.73 Å². The number of nitrogens with two attached hydrogens (primary N) is 1. The fourth-order valence-electron chi connectivity index (χ4n) is 8.00. The molecule has 0 bridgehead atoms. The average molecular weight is 2110 g/mol. The van der Waals surface area contributed by atoms with Crippen LogP contribution in [0.4, 0.5) is 9.59 Å². The van der Waals surface area contributed by atoms with Gasteiger partial charge in [-0.1, -0.05) is 42.8 Å². The highest BCUT2D eigenvalue weighted by molar-refractivity contribution is 8.04. The minimum Gasteiger partial charge on any atom is -0.744 e. The standard InChI is InChI=1S/C16H29NO7S.C13H23NO5.C11H21NO5S.C7H17O6PS.C7H17O4PS.2C7H8O3S.C6H15O3PS.C2H4O2.CH4.2H2O2/c1-15(2,3)23-12(18)9-11(10-13(22-7)25(8,20)21)17-14(19)24-16(4,5)6;1-12(2,3)18-10(16)7-9(8-15)14-11(17)19-13(4,5)6;1-11(2,3)17-9(13)6-8(12)7-10(16-4)18(5,14)15;1-5-12-14(8,13-6-2)7(11-3)15(4,9)10;1-5-10-12(8,11-6-2)7(9-3)13-4;2*1-6-2-4-7(5-3-6)11(8,9)10;1-4-8-10(7,6-11-3)9-5-2;1-2(3)4;;2*1-2/h10-11H,9H2,1-8H3,(H,17,19);8-9H,7H2,1-6H3,(H,14,17);7-8H,6,12H2,1-5H3;7H,5-6H2,1-4H3;7H,5-6H2,1-4H3;2*2-5H,1H3,(H,8,9,10);4-6H2,1-3H3;1H3,(H,3,4);1H4;2*1-2H/p-1/b13-10+;;10-7+;;;;;;;;;/t11-;9-;8-;;;;;;;;;/m000........./s1. The largest absolute Gasteiger partial charge is 0.744 e. The van der Waals surface area contributed by atoms with Gasteiger partial charge in [0.1, 0.15) is 44.4 Å². The number of carbonyl (C=O) groups is 7. The molecular weight excluding hydrogens is 1960 g/mol. The van der Waals surface area contributed by atoms with Gasteiger partial charge in [-0.2, -0.15) is 20.2 Å². The van der Waals surface area contributed by atoms with E-state index in [1.807, 2.05) is 34.0 Å². The molecule has 55 heteroatoms. The summed E-state index contributed by atoms with van der Waals surface area (Å²) in [6.45, 7) is 42.6. The molecule has 0 saturated carbocycles. The molecule has 0 spiro atoms. The number of sulfone groups is 3. The second-order valence-electron chi connectivity index (χ2n) is 30.4. The number of hydrogen-bond donors (Lipinski definition) is 9. The van der Waals surface area contributed by atoms with Crippen LogP contribution in [0.2, 0.25) is 0 Å². The van der Waals surface area contributed by atoms with Crippen LogP contribution in [0.3, 0.4) is 0 Å². The SMILES string of the molecule is C.CC(=O)O.CC(C)(C)OC(=O)C[C@@H](C=O)NC(=O)OC(C)(C)C.CCOP(=O)(CSC)OCC.CCOP(=O)(OCC)C(OC)S(C)(=O)=O.CCOP(=O)(OCC)C(OC)SC.CO/C(=C\[C@@H](N)CC(=O)OC(C)(C)C)S(C)(=O)=O.CO/C(=C\[C@H](CC(=O)OC(C)(C)C)NC(=O)OC(C)(C)C)S(C)(=O)=O.Cc1ccc(S(=O)(=O)O)cc1.Cc1ccc(S(=O)(=O)[O-])cc1.OO.OO. The number of thioether (sulfide) groups is 2. The number of methoxy groups -OCH3 is 4. The Bertz CT molecular complexity index is 4210. The first-order chi connectivity index (χ1) is 59.3. The summed E-state index contributed by atoms with van der Waals surface area (Å²) in [6, 6.07) is 9.07. The summed E-state index contributed by atoms with van der Waals surface area (Å²) in [6.07, 6.45) is 7.24. The normalized spacial score (nSPS) is 13.1. The van der Waals surface area contributed by atoms with E-state index in [1.54, 1.807) is 162 Å². The van der Waals surface area contributed by atoms with Gasteiger partial charge in [-0.3, -0.25) is 58.5 Å². The molecule has 2 amide bonds. The van der Waals surface area contributed by atoms with Crippen molar-refractivity contribution in [2.45, 2.75) is 259 Å². The van der Waals surface area contributed by atoms with Crippen LogP contribution in [0.25, 0.3) is 0 Å². The first kappa shape index (κ1) is 146. The van der Waals surface area contributed by atoms with Crippen molar-refractivity contribution >= 4 is 138 Å². The van der Waals surface area contributed by atoms with Gasteiger partial charge in [0.2, 0.25) is 35.0 Å². The number of hydrogen-bond acceptors (Lipinski definition) is 43. The Morgan fingerprint density at radius 1 is 0.485 bits per heavy atom. The minimum atomic E-state index is -4.27. The number of carbonyl (C=O) groups excluding carboxylic acids is 6. The number of aliphatic carboxylic acids is 1. The molecule has 45 nitrogen and oxygen atoms in total. The van der Waals surface area contributed by atoms with Crippen molar-refractivity contribution in [1.82, 2.24) is 10.6 Å². The van der Waals surface area contributed by atoms with Gasteiger partial charge in [0.15, 0.2) is 9.84 Å². The van der Waals surface area contributed by atoms with E-state index in [-0.39, 0.29) is 59.9 Å². The first-order valence-electron chi connectivity index (χ1n) is 38.6. The second kappa shape index (κ2) is 72.5. The van der Waals surface area contributed by atoms with Crippen LogP contribution in [0, 0.1) is 13.8 Å². The summed E-state index contributed by atoms with van der Waals surface area (Å²) in [7, 11) is -23.6. The van der Waals surface area contributed by atoms with E-state index in [9.17, 15) is 89.1 Å². The Morgan fingerprint density at radius 2 is 0.773 bits per heavy atom. The number of alkyl carbamates (subject to hydrolysis) is 2. The molecule has 2 aromatic rings. The summed E-state index contributed by atoms with van der Waals surface area (Å²) in [4.78, 5) is 78.0. The average Bonchev–Trinajstić information content (AvgIpc) is 0.807. The van der Waals surface area contributed by atoms with E-state index in [0.717, 1.165) is 50.0 Å². The number of amides is 2. The quantitative estimate of drug-likeness (QED) is 0.00349.